The predicted molar refractivity (Wildman–Crippen MR) is 120 cm³/mol. The molecule has 2 aromatic heterocycles. The smallest absolute Gasteiger partial charge is 0.269 e. The molecule has 9 heteroatoms. The van der Waals surface area contributed by atoms with Crippen molar-refractivity contribution in [1.82, 2.24) is 24.8 Å². The maximum Gasteiger partial charge on any atom is 0.269 e. The van der Waals surface area contributed by atoms with Crippen molar-refractivity contribution < 1.29 is 9.53 Å². The summed E-state index contributed by atoms with van der Waals surface area (Å²) in [5, 5.41) is 3.12. The Morgan fingerprint density at radius 2 is 1.87 bits per heavy atom. The van der Waals surface area contributed by atoms with Crippen LogP contribution in [0.3, 0.4) is 0 Å². The molecule has 1 fully saturated rings. The van der Waals surface area contributed by atoms with Gasteiger partial charge >= 0.3 is 0 Å². The highest BCUT2D eigenvalue weighted by molar-refractivity contribution is 5.98. The van der Waals surface area contributed by atoms with E-state index in [0.717, 1.165) is 39.3 Å². The van der Waals surface area contributed by atoms with Crippen LogP contribution in [0.1, 0.15) is 26.3 Å². The second kappa shape index (κ2) is 9.15. The summed E-state index contributed by atoms with van der Waals surface area (Å²) in [7, 11) is 1.71. The van der Waals surface area contributed by atoms with Crippen molar-refractivity contribution in [3.8, 4) is 5.75 Å². The largest absolute Gasteiger partial charge is 0.475 e. The van der Waals surface area contributed by atoms with Gasteiger partial charge in [-0.1, -0.05) is 26.8 Å². The van der Waals surface area contributed by atoms with Gasteiger partial charge in [0.05, 0.1) is 6.20 Å². The number of anilines is 3. The summed E-state index contributed by atoms with van der Waals surface area (Å²) in [4.78, 5) is 32.3. The first kappa shape index (κ1) is 21.5. The van der Waals surface area contributed by atoms with Gasteiger partial charge in [0, 0.05) is 46.0 Å². The molecule has 4 rings (SSSR count). The standard InChI is InChI=1S/C22H31N7O2/c1-5-28-8-10-29(11-9-28)14-16-6-7-18(23-12-16)25-22-24-13-17-20(26-22)27(4)21(30)19(31-17)15(2)3/h6-7,12-13,15,19H,5,8-11,14H2,1-4H3,(H,23,24,25,26). The number of rotatable bonds is 6. The van der Waals surface area contributed by atoms with Crippen LogP contribution in [-0.2, 0) is 11.3 Å². The molecular formula is C22H31N7O2. The van der Waals surface area contributed by atoms with Gasteiger partial charge < -0.3 is 15.0 Å². The Kier molecular flexibility index (Phi) is 6.33. The second-order valence-corrected chi connectivity index (χ2v) is 8.45. The number of piperazine rings is 1. The SMILES string of the molecule is CCN1CCN(Cc2ccc(Nc3ncc4c(n3)N(C)C(=O)C(C(C)C)O4)nc2)CC1. The normalized spacial score (nSPS) is 20.0. The van der Waals surface area contributed by atoms with Crippen LogP contribution in [0, 0.1) is 5.92 Å². The Morgan fingerprint density at radius 3 is 2.52 bits per heavy atom. The molecule has 2 aliphatic heterocycles. The first-order valence-electron chi connectivity index (χ1n) is 10.9. The second-order valence-electron chi connectivity index (χ2n) is 8.45. The third kappa shape index (κ3) is 4.77. The molecule has 166 valence electrons. The third-order valence-electron chi connectivity index (χ3n) is 5.87. The molecule has 2 aromatic rings. The zero-order chi connectivity index (χ0) is 22.0. The minimum absolute atomic E-state index is 0.0686. The van der Waals surface area contributed by atoms with Crippen LogP contribution >= 0.6 is 0 Å². The summed E-state index contributed by atoms with van der Waals surface area (Å²) < 4.78 is 5.82. The monoisotopic (exact) mass is 425 g/mol. The summed E-state index contributed by atoms with van der Waals surface area (Å²) in [6.07, 6.45) is 2.98. The lowest BCUT2D eigenvalue weighted by Crippen LogP contribution is -2.47. The Bertz CT molecular complexity index is 911. The number of carbonyl (C=O) groups is 1. The van der Waals surface area contributed by atoms with Crippen LogP contribution < -0.4 is 15.0 Å². The van der Waals surface area contributed by atoms with E-state index < -0.39 is 6.10 Å². The van der Waals surface area contributed by atoms with Gasteiger partial charge in [0.25, 0.3) is 5.91 Å². The molecular weight excluding hydrogens is 394 g/mol. The highest BCUT2D eigenvalue weighted by Crippen LogP contribution is 2.33. The van der Waals surface area contributed by atoms with Crippen molar-refractivity contribution in [2.75, 3.05) is 50.0 Å². The zero-order valence-corrected chi connectivity index (χ0v) is 18.7. The molecule has 1 N–H and O–H groups in total. The van der Waals surface area contributed by atoms with Gasteiger partial charge in [-0.15, -0.1) is 0 Å². The van der Waals surface area contributed by atoms with E-state index >= 15 is 0 Å². The summed E-state index contributed by atoms with van der Waals surface area (Å²) in [6.45, 7) is 12.6. The maximum atomic E-state index is 12.5. The van der Waals surface area contributed by atoms with Crippen molar-refractivity contribution in [3.05, 3.63) is 30.1 Å². The highest BCUT2D eigenvalue weighted by atomic mass is 16.5. The molecule has 31 heavy (non-hydrogen) atoms. The van der Waals surface area contributed by atoms with Gasteiger partial charge in [-0.05, 0) is 24.1 Å². The first-order chi connectivity index (χ1) is 14.9. The summed E-state index contributed by atoms with van der Waals surface area (Å²) in [6, 6.07) is 4.01. The third-order valence-corrected chi connectivity index (χ3v) is 5.87. The number of amides is 1. The van der Waals surface area contributed by atoms with Crippen LogP contribution in [0.4, 0.5) is 17.6 Å². The number of nitrogens with one attached hydrogen (secondary N) is 1. The number of carbonyl (C=O) groups excluding carboxylic acids is 1. The van der Waals surface area contributed by atoms with Gasteiger partial charge in [-0.2, -0.15) is 4.98 Å². The minimum Gasteiger partial charge on any atom is -0.475 e. The molecule has 1 amide bonds. The van der Waals surface area contributed by atoms with E-state index in [4.69, 9.17) is 4.74 Å². The van der Waals surface area contributed by atoms with Crippen LogP contribution in [-0.4, -0.2) is 76.5 Å². The molecule has 1 atom stereocenters. The Labute approximate surface area is 183 Å². The summed E-state index contributed by atoms with van der Waals surface area (Å²) in [5.41, 5.74) is 1.18. The molecule has 4 heterocycles. The molecule has 1 unspecified atom stereocenters. The lowest BCUT2D eigenvalue weighted by atomic mass is 10.1. The van der Waals surface area contributed by atoms with Crippen LogP contribution in [0.25, 0.3) is 0 Å². The molecule has 0 aliphatic carbocycles. The molecule has 0 radical (unpaired) electrons. The minimum atomic E-state index is -0.515. The number of ether oxygens (including phenoxy) is 1. The molecule has 1 saturated heterocycles. The van der Waals surface area contributed by atoms with Gasteiger partial charge in [-0.25, -0.2) is 9.97 Å². The van der Waals surface area contributed by atoms with E-state index in [1.54, 1.807) is 13.2 Å². The van der Waals surface area contributed by atoms with Gasteiger partial charge in [0.15, 0.2) is 17.7 Å². The van der Waals surface area contributed by atoms with E-state index in [1.165, 1.54) is 10.5 Å². The quantitative estimate of drug-likeness (QED) is 0.753. The average Bonchev–Trinajstić information content (AvgIpc) is 2.78. The van der Waals surface area contributed by atoms with Crippen molar-refractivity contribution in [2.24, 2.45) is 5.92 Å². The number of aromatic nitrogens is 3. The van der Waals surface area contributed by atoms with Crippen LogP contribution in [0.15, 0.2) is 24.5 Å². The van der Waals surface area contributed by atoms with E-state index in [0.29, 0.717) is 23.3 Å². The topological polar surface area (TPSA) is 86.7 Å². The van der Waals surface area contributed by atoms with E-state index in [-0.39, 0.29) is 11.8 Å². The predicted octanol–water partition coefficient (Wildman–Crippen LogP) is 2.13. The lowest BCUT2D eigenvalue weighted by Gasteiger charge is -2.33. The number of nitrogens with zero attached hydrogens (tertiary/aromatic N) is 6. The number of pyridine rings is 1. The molecule has 2 aliphatic rings. The van der Waals surface area contributed by atoms with E-state index in [1.807, 2.05) is 26.1 Å². The van der Waals surface area contributed by atoms with Crippen molar-refractivity contribution in [2.45, 2.75) is 33.4 Å². The van der Waals surface area contributed by atoms with E-state index in [2.05, 4.69) is 43.1 Å². The Morgan fingerprint density at radius 1 is 1.13 bits per heavy atom. The fourth-order valence-electron chi connectivity index (χ4n) is 3.88. The van der Waals surface area contributed by atoms with Gasteiger partial charge in [-0.3, -0.25) is 14.6 Å². The number of hydrogen-bond donors (Lipinski definition) is 1. The molecule has 0 aromatic carbocycles. The highest BCUT2D eigenvalue weighted by Gasteiger charge is 2.35. The average molecular weight is 426 g/mol. The fourth-order valence-corrected chi connectivity index (χ4v) is 3.88. The van der Waals surface area contributed by atoms with E-state index in [9.17, 15) is 4.79 Å². The molecule has 0 saturated carbocycles. The van der Waals surface area contributed by atoms with Crippen molar-refractivity contribution >= 4 is 23.5 Å². The number of likely N-dealkylation sites (N-methyl/N-ethyl adjacent to an activating group) is 2. The fraction of sp³-hybridized carbons (Fsp3) is 0.545. The van der Waals surface area contributed by atoms with Gasteiger partial charge in [0.1, 0.15) is 5.82 Å². The molecule has 0 spiro atoms. The Hall–Kier alpha value is -2.78. The molecule has 9 nitrogen and oxygen atoms in total. The summed E-state index contributed by atoms with van der Waals surface area (Å²) in [5.74, 6) is 1.97. The molecule has 0 bridgehead atoms. The van der Waals surface area contributed by atoms with Crippen molar-refractivity contribution in [1.29, 1.82) is 0 Å². The van der Waals surface area contributed by atoms with Crippen molar-refractivity contribution in [3.63, 3.8) is 0 Å². The number of fused-ring (bicyclic) bond motifs is 1. The Balaban J connectivity index is 1.39. The maximum absolute atomic E-state index is 12.5. The first-order valence-corrected chi connectivity index (χ1v) is 10.9. The number of hydrogen-bond acceptors (Lipinski definition) is 8. The lowest BCUT2D eigenvalue weighted by molar-refractivity contribution is -0.127. The zero-order valence-electron chi connectivity index (χ0n) is 18.7. The van der Waals surface area contributed by atoms with Gasteiger partial charge in [0.2, 0.25) is 5.95 Å². The van der Waals surface area contributed by atoms with Crippen LogP contribution in [0.2, 0.25) is 0 Å². The van der Waals surface area contributed by atoms with Crippen LogP contribution in [0.5, 0.6) is 5.75 Å². The summed E-state index contributed by atoms with van der Waals surface area (Å²) >= 11 is 0.